The van der Waals surface area contributed by atoms with Crippen molar-refractivity contribution in [3.8, 4) is 0 Å². The zero-order valence-electron chi connectivity index (χ0n) is 11.8. The quantitative estimate of drug-likeness (QED) is 0.797. The second-order valence-corrected chi connectivity index (χ2v) is 8.63. The highest BCUT2D eigenvalue weighted by Crippen LogP contribution is 2.25. The summed E-state index contributed by atoms with van der Waals surface area (Å²) in [6.07, 6.45) is -0.105. The molecular formula is C12H16N2O5S3. The number of carboxylic acid groups (broad SMARTS) is 1. The van der Waals surface area contributed by atoms with Crippen molar-refractivity contribution in [3.63, 3.8) is 0 Å². The smallest absolute Gasteiger partial charge is 0.305 e. The van der Waals surface area contributed by atoms with Crippen LogP contribution in [0.2, 0.25) is 0 Å². The van der Waals surface area contributed by atoms with Crippen LogP contribution < -0.4 is 4.72 Å². The van der Waals surface area contributed by atoms with Crippen molar-refractivity contribution in [2.24, 2.45) is 0 Å². The number of rotatable bonds is 5. The van der Waals surface area contributed by atoms with Crippen LogP contribution in [0.5, 0.6) is 0 Å². The largest absolute Gasteiger partial charge is 0.481 e. The second-order valence-electron chi connectivity index (χ2n) is 4.68. The van der Waals surface area contributed by atoms with E-state index in [9.17, 15) is 18.0 Å². The van der Waals surface area contributed by atoms with Crippen LogP contribution in [0.25, 0.3) is 0 Å². The monoisotopic (exact) mass is 364 g/mol. The van der Waals surface area contributed by atoms with Crippen molar-refractivity contribution in [1.29, 1.82) is 0 Å². The van der Waals surface area contributed by atoms with E-state index in [4.69, 9.17) is 5.11 Å². The van der Waals surface area contributed by atoms with Gasteiger partial charge in [0.15, 0.2) is 0 Å². The normalized spacial score (nSPS) is 19.1. The highest BCUT2D eigenvalue weighted by Gasteiger charge is 2.30. The van der Waals surface area contributed by atoms with Crippen molar-refractivity contribution in [2.75, 3.05) is 25.1 Å². The lowest BCUT2D eigenvalue weighted by Crippen LogP contribution is -2.46. The Hall–Kier alpha value is -1.10. The van der Waals surface area contributed by atoms with Crippen molar-refractivity contribution in [3.05, 3.63) is 16.3 Å². The van der Waals surface area contributed by atoms with Crippen LogP contribution in [0.15, 0.2) is 16.3 Å². The van der Waals surface area contributed by atoms with Gasteiger partial charge in [0.25, 0.3) is 5.91 Å². The summed E-state index contributed by atoms with van der Waals surface area (Å²) in [5.74, 6) is 0.0593. The molecule has 1 aliphatic rings. The number of nitrogens with zero attached hydrogens (tertiary/aromatic N) is 1. The van der Waals surface area contributed by atoms with Crippen molar-refractivity contribution in [2.45, 2.75) is 17.4 Å². The van der Waals surface area contributed by atoms with E-state index in [-0.39, 0.29) is 23.3 Å². The molecule has 22 heavy (non-hydrogen) atoms. The van der Waals surface area contributed by atoms with E-state index in [0.717, 1.165) is 17.1 Å². The van der Waals surface area contributed by atoms with Gasteiger partial charge in [-0.15, -0.1) is 11.3 Å². The molecule has 0 radical (unpaired) electrons. The third-order valence-corrected chi connectivity index (χ3v) is 6.82. The minimum atomic E-state index is -3.58. The predicted octanol–water partition coefficient (Wildman–Crippen LogP) is 0.689. The Morgan fingerprint density at radius 1 is 1.50 bits per heavy atom. The highest BCUT2D eigenvalue weighted by atomic mass is 32.2. The maximum absolute atomic E-state index is 12.5. The fourth-order valence-electron chi connectivity index (χ4n) is 2.12. The third-order valence-electron chi connectivity index (χ3n) is 3.26. The van der Waals surface area contributed by atoms with E-state index in [0.29, 0.717) is 17.2 Å². The zero-order chi connectivity index (χ0) is 16.3. The van der Waals surface area contributed by atoms with Gasteiger partial charge in [-0.05, 0) is 13.1 Å². The summed E-state index contributed by atoms with van der Waals surface area (Å²) in [6.45, 7) is 0.466. The topological polar surface area (TPSA) is 104 Å². The van der Waals surface area contributed by atoms with Gasteiger partial charge in [0, 0.05) is 23.4 Å². The van der Waals surface area contributed by atoms with Gasteiger partial charge < -0.3 is 10.0 Å². The molecule has 1 saturated heterocycles. The molecule has 0 saturated carbocycles. The molecule has 1 atom stereocenters. The Morgan fingerprint density at radius 3 is 2.86 bits per heavy atom. The van der Waals surface area contributed by atoms with Crippen LogP contribution in [0.3, 0.4) is 0 Å². The molecular weight excluding hydrogens is 348 g/mol. The molecule has 0 bridgehead atoms. The number of thioether (sulfide) groups is 1. The lowest BCUT2D eigenvalue weighted by atomic mass is 10.2. The SMILES string of the molecule is CNS(=O)(=O)c1csc(C(=O)N2CCSCC2CC(=O)O)c1. The lowest BCUT2D eigenvalue weighted by molar-refractivity contribution is -0.138. The lowest BCUT2D eigenvalue weighted by Gasteiger charge is -2.34. The van der Waals surface area contributed by atoms with Gasteiger partial charge in [0.05, 0.1) is 22.2 Å². The molecule has 0 aliphatic carbocycles. The molecule has 10 heteroatoms. The molecule has 7 nitrogen and oxygen atoms in total. The number of carbonyl (C=O) groups is 2. The van der Waals surface area contributed by atoms with E-state index < -0.39 is 16.0 Å². The molecule has 1 aliphatic heterocycles. The first kappa shape index (κ1) is 17.3. The number of thiophene rings is 1. The van der Waals surface area contributed by atoms with Gasteiger partial charge in [-0.1, -0.05) is 0 Å². The minimum Gasteiger partial charge on any atom is -0.481 e. The Kier molecular flexibility index (Phi) is 5.48. The van der Waals surface area contributed by atoms with Gasteiger partial charge in [0.1, 0.15) is 0 Å². The Labute approximate surface area is 136 Å². The maximum atomic E-state index is 12.5. The third kappa shape index (κ3) is 3.80. The van der Waals surface area contributed by atoms with E-state index in [1.807, 2.05) is 0 Å². The van der Waals surface area contributed by atoms with Gasteiger partial charge >= 0.3 is 5.97 Å². The van der Waals surface area contributed by atoms with Crippen LogP contribution >= 0.6 is 23.1 Å². The Morgan fingerprint density at radius 2 is 2.23 bits per heavy atom. The fourth-order valence-corrected chi connectivity index (χ4v) is 5.15. The van der Waals surface area contributed by atoms with E-state index in [1.54, 1.807) is 11.8 Å². The number of sulfonamides is 1. The van der Waals surface area contributed by atoms with E-state index in [1.165, 1.54) is 23.4 Å². The van der Waals surface area contributed by atoms with Crippen LogP contribution in [0.4, 0.5) is 0 Å². The van der Waals surface area contributed by atoms with Gasteiger partial charge in [-0.2, -0.15) is 11.8 Å². The molecule has 2 rings (SSSR count). The molecule has 1 aromatic heterocycles. The fraction of sp³-hybridized carbons (Fsp3) is 0.500. The number of aliphatic carboxylic acids is 1. The number of nitrogens with one attached hydrogen (secondary N) is 1. The number of hydrogen-bond donors (Lipinski definition) is 2. The van der Waals surface area contributed by atoms with Crippen molar-refractivity contribution >= 4 is 45.0 Å². The van der Waals surface area contributed by atoms with Crippen LogP contribution in [-0.2, 0) is 14.8 Å². The summed E-state index contributed by atoms with van der Waals surface area (Å²) in [5.41, 5.74) is 0. The number of carboxylic acids is 1. The minimum absolute atomic E-state index is 0.0459. The maximum Gasteiger partial charge on any atom is 0.305 e. The van der Waals surface area contributed by atoms with Crippen LogP contribution in [-0.4, -0.2) is 61.4 Å². The molecule has 0 aromatic carbocycles. The first-order valence-electron chi connectivity index (χ1n) is 6.47. The summed E-state index contributed by atoms with van der Waals surface area (Å²) < 4.78 is 25.6. The first-order chi connectivity index (χ1) is 10.3. The predicted molar refractivity (Wildman–Crippen MR) is 85.0 cm³/mol. The summed E-state index contributed by atoms with van der Waals surface area (Å²) in [7, 11) is -2.28. The molecule has 122 valence electrons. The molecule has 2 N–H and O–H groups in total. The van der Waals surface area contributed by atoms with E-state index in [2.05, 4.69) is 4.72 Å². The highest BCUT2D eigenvalue weighted by molar-refractivity contribution is 7.99. The van der Waals surface area contributed by atoms with Crippen LogP contribution in [0, 0.1) is 0 Å². The number of amides is 1. The van der Waals surface area contributed by atoms with E-state index >= 15 is 0 Å². The van der Waals surface area contributed by atoms with Crippen molar-refractivity contribution < 1.29 is 23.1 Å². The molecule has 1 fully saturated rings. The zero-order valence-corrected chi connectivity index (χ0v) is 14.3. The Bertz CT molecular complexity index is 670. The molecule has 2 heterocycles. The average Bonchev–Trinajstić information content (AvgIpc) is 2.97. The first-order valence-corrected chi connectivity index (χ1v) is 9.99. The second kappa shape index (κ2) is 6.99. The standard InChI is InChI=1S/C12H16N2O5S3/c1-13-22(18,19)9-5-10(21-7-9)12(17)14-2-3-20-6-8(14)4-11(15)16/h5,7-8,13H,2-4,6H2,1H3,(H,15,16). The van der Waals surface area contributed by atoms with Gasteiger partial charge in [-0.3, -0.25) is 9.59 Å². The van der Waals surface area contributed by atoms with Crippen LogP contribution in [0.1, 0.15) is 16.1 Å². The van der Waals surface area contributed by atoms with Crippen molar-refractivity contribution in [1.82, 2.24) is 9.62 Å². The molecule has 1 aromatic rings. The summed E-state index contributed by atoms with van der Waals surface area (Å²) in [4.78, 5) is 25.3. The number of carbonyl (C=O) groups excluding carboxylic acids is 1. The summed E-state index contributed by atoms with van der Waals surface area (Å²) in [6, 6.07) is 0.966. The average molecular weight is 364 g/mol. The van der Waals surface area contributed by atoms with Gasteiger partial charge in [-0.25, -0.2) is 13.1 Å². The Balaban J connectivity index is 2.21. The molecule has 1 amide bonds. The summed E-state index contributed by atoms with van der Waals surface area (Å²) >= 11 is 2.66. The summed E-state index contributed by atoms with van der Waals surface area (Å²) in [5, 5.41) is 10.4. The number of hydrogen-bond acceptors (Lipinski definition) is 6. The molecule has 0 spiro atoms. The van der Waals surface area contributed by atoms with Gasteiger partial charge in [0.2, 0.25) is 10.0 Å². The molecule has 1 unspecified atom stereocenters.